The van der Waals surface area contributed by atoms with Gasteiger partial charge in [-0.2, -0.15) is 4.98 Å². The number of sulfonamides is 1. The fraction of sp³-hybridized carbons (Fsp3) is 0.478. The number of benzene rings is 1. The first-order valence-electron chi connectivity index (χ1n) is 11.0. The second-order valence-electron chi connectivity index (χ2n) is 8.18. The van der Waals surface area contributed by atoms with Crippen LogP contribution in [-0.2, 0) is 10.0 Å². The van der Waals surface area contributed by atoms with E-state index in [4.69, 9.17) is 5.73 Å². The van der Waals surface area contributed by atoms with E-state index < -0.39 is 10.0 Å². The van der Waals surface area contributed by atoms with Crippen molar-refractivity contribution in [2.45, 2.75) is 37.3 Å². The van der Waals surface area contributed by atoms with E-state index in [1.165, 1.54) is 11.3 Å². The van der Waals surface area contributed by atoms with E-state index in [2.05, 4.69) is 25.3 Å². The monoisotopic (exact) mass is 490 g/mol. The number of nitrogens with two attached hydrogens (primary N) is 1. The Labute approximate surface area is 200 Å². The molecule has 1 aliphatic rings. The van der Waals surface area contributed by atoms with Crippen LogP contribution in [0.25, 0.3) is 10.9 Å². The first-order chi connectivity index (χ1) is 15.5. The Morgan fingerprint density at radius 2 is 1.70 bits per heavy atom. The Kier molecular flexibility index (Phi) is 9.02. The topological polar surface area (TPSA) is 122 Å². The number of hydrogen-bond donors (Lipinski definition) is 4. The number of aromatic nitrogens is 2. The highest BCUT2D eigenvalue weighted by Gasteiger charge is 2.24. The van der Waals surface area contributed by atoms with Crippen molar-refractivity contribution >= 4 is 44.0 Å². The number of fused-ring (bicyclic) bond motifs is 1. The molecule has 4 rings (SSSR count). The van der Waals surface area contributed by atoms with E-state index >= 15 is 0 Å². The number of hydrogen-bond acceptors (Lipinski definition) is 8. The zero-order chi connectivity index (χ0) is 22.4. The molecule has 0 unspecified atom stereocenters. The lowest BCUT2D eigenvalue weighted by Gasteiger charge is -2.28. The molecule has 1 saturated carbocycles. The molecule has 0 aliphatic heterocycles. The molecular weight excluding hydrogens is 456 g/mol. The van der Waals surface area contributed by atoms with Gasteiger partial charge in [-0.05, 0) is 61.1 Å². The molecule has 3 aromatic rings. The van der Waals surface area contributed by atoms with E-state index in [1.807, 2.05) is 24.3 Å². The number of nitrogens with zero attached hydrogens (tertiary/aromatic N) is 2. The molecule has 33 heavy (non-hydrogen) atoms. The Hall–Kier alpha value is -2.27. The van der Waals surface area contributed by atoms with Gasteiger partial charge in [0.1, 0.15) is 10.0 Å². The maximum absolute atomic E-state index is 12.3. The summed E-state index contributed by atoms with van der Waals surface area (Å²) < 4.78 is 27.8. The minimum Gasteiger partial charge on any atom is -0.368 e. The summed E-state index contributed by atoms with van der Waals surface area (Å²) in [5.41, 5.74) is 6.53. The molecular formula is C23H34N6O2S2. The van der Waals surface area contributed by atoms with Crippen LogP contribution in [0.3, 0.4) is 0 Å². The second kappa shape index (κ2) is 11.7. The van der Waals surface area contributed by atoms with Gasteiger partial charge in [-0.1, -0.05) is 25.6 Å². The minimum atomic E-state index is -3.38. The molecule has 0 amide bonds. The van der Waals surface area contributed by atoms with Gasteiger partial charge in [0.15, 0.2) is 0 Å². The van der Waals surface area contributed by atoms with E-state index in [1.54, 1.807) is 17.5 Å². The van der Waals surface area contributed by atoms with Gasteiger partial charge >= 0.3 is 0 Å². The Morgan fingerprint density at radius 3 is 2.39 bits per heavy atom. The van der Waals surface area contributed by atoms with Gasteiger partial charge in [0.05, 0.1) is 5.52 Å². The molecule has 180 valence electrons. The first kappa shape index (κ1) is 25.4. The minimum absolute atomic E-state index is 0. The number of nitrogens with one attached hydrogen (secondary N) is 3. The Morgan fingerprint density at radius 1 is 0.970 bits per heavy atom. The summed E-state index contributed by atoms with van der Waals surface area (Å²) in [7, 11) is -3.38. The van der Waals surface area contributed by atoms with E-state index in [0.717, 1.165) is 48.9 Å². The van der Waals surface area contributed by atoms with Crippen molar-refractivity contribution in [1.29, 1.82) is 0 Å². The van der Waals surface area contributed by atoms with Crippen LogP contribution in [0.1, 0.15) is 33.1 Å². The zero-order valence-electron chi connectivity index (χ0n) is 18.0. The molecule has 0 bridgehead atoms. The lowest BCUT2D eigenvalue weighted by Crippen LogP contribution is -2.32. The Bertz CT molecular complexity index is 1110. The van der Waals surface area contributed by atoms with Crippen LogP contribution in [-0.4, -0.2) is 44.6 Å². The third-order valence-electron chi connectivity index (χ3n) is 5.88. The summed E-state index contributed by atoms with van der Waals surface area (Å²) in [5.74, 6) is 2.32. The average Bonchev–Trinajstić information content (AvgIpc) is 3.37. The molecule has 0 spiro atoms. The molecule has 1 fully saturated rings. The lowest BCUT2D eigenvalue weighted by atomic mass is 9.82. The highest BCUT2D eigenvalue weighted by molar-refractivity contribution is 7.91. The lowest BCUT2D eigenvalue weighted by molar-refractivity contribution is 0.284. The summed E-state index contributed by atoms with van der Waals surface area (Å²) in [6.07, 6.45) is 4.15. The van der Waals surface area contributed by atoms with Crippen molar-refractivity contribution < 1.29 is 8.42 Å². The third kappa shape index (κ3) is 6.63. The van der Waals surface area contributed by atoms with Crippen LogP contribution in [0, 0.1) is 11.8 Å². The fourth-order valence-electron chi connectivity index (χ4n) is 4.07. The van der Waals surface area contributed by atoms with E-state index in [-0.39, 0.29) is 7.43 Å². The predicted molar refractivity (Wildman–Crippen MR) is 137 cm³/mol. The fourth-order valence-corrected chi connectivity index (χ4v) is 6.23. The molecule has 0 saturated heterocycles. The number of thiophene rings is 1. The SMILES string of the molecule is C.NCCNc1nc(NCC2CCC(CNS(=O)(=O)c3cccs3)CC2)nc2ccccc12. The Balaban J connectivity index is 0.00000306. The normalized spacial score (nSPS) is 18.6. The molecule has 5 N–H and O–H groups in total. The van der Waals surface area contributed by atoms with Crippen molar-refractivity contribution in [1.82, 2.24) is 14.7 Å². The molecule has 1 aromatic carbocycles. The van der Waals surface area contributed by atoms with Crippen LogP contribution in [0.5, 0.6) is 0 Å². The van der Waals surface area contributed by atoms with E-state index in [9.17, 15) is 8.42 Å². The van der Waals surface area contributed by atoms with Gasteiger partial charge in [-0.25, -0.2) is 18.1 Å². The van der Waals surface area contributed by atoms with Gasteiger partial charge in [0.25, 0.3) is 0 Å². The van der Waals surface area contributed by atoms with Crippen LogP contribution < -0.4 is 21.1 Å². The molecule has 0 radical (unpaired) electrons. The quantitative estimate of drug-likeness (QED) is 0.340. The number of rotatable bonds is 10. The number of para-hydroxylation sites is 1. The van der Waals surface area contributed by atoms with Gasteiger partial charge in [0, 0.05) is 31.6 Å². The summed E-state index contributed by atoms with van der Waals surface area (Å²) in [4.78, 5) is 9.31. The summed E-state index contributed by atoms with van der Waals surface area (Å²) in [6.45, 7) is 2.50. The summed E-state index contributed by atoms with van der Waals surface area (Å²) in [5, 5.41) is 9.46. The first-order valence-corrected chi connectivity index (χ1v) is 13.4. The highest BCUT2D eigenvalue weighted by Crippen LogP contribution is 2.29. The molecule has 8 nitrogen and oxygen atoms in total. The van der Waals surface area contributed by atoms with Crippen molar-refractivity contribution in [3.63, 3.8) is 0 Å². The molecule has 2 aromatic heterocycles. The standard InChI is InChI=1S/C22H30N6O2S2.CH4/c23-11-12-24-21-18-4-1-2-5-19(18)27-22(28-21)25-14-16-7-9-17(10-8-16)15-26-32(29,30)20-6-3-13-31-20;/h1-6,13,16-17,26H,7-12,14-15,23H2,(H2,24,25,27,28);1H4. The summed E-state index contributed by atoms with van der Waals surface area (Å²) in [6, 6.07) is 11.3. The maximum Gasteiger partial charge on any atom is 0.250 e. The van der Waals surface area contributed by atoms with Crippen molar-refractivity contribution in [2.24, 2.45) is 17.6 Å². The van der Waals surface area contributed by atoms with Crippen LogP contribution >= 0.6 is 11.3 Å². The predicted octanol–water partition coefficient (Wildman–Crippen LogP) is 3.89. The van der Waals surface area contributed by atoms with Crippen molar-refractivity contribution in [3.05, 3.63) is 41.8 Å². The maximum atomic E-state index is 12.3. The summed E-state index contributed by atoms with van der Waals surface area (Å²) >= 11 is 1.25. The highest BCUT2D eigenvalue weighted by atomic mass is 32.2. The zero-order valence-corrected chi connectivity index (χ0v) is 19.6. The average molecular weight is 491 g/mol. The van der Waals surface area contributed by atoms with Crippen LogP contribution in [0.4, 0.5) is 11.8 Å². The number of anilines is 2. The van der Waals surface area contributed by atoms with Crippen molar-refractivity contribution in [3.8, 4) is 0 Å². The second-order valence-corrected chi connectivity index (χ2v) is 11.1. The van der Waals surface area contributed by atoms with Gasteiger partial charge < -0.3 is 16.4 Å². The van der Waals surface area contributed by atoms with Gasteiger partial charge in [-0.3, -0.25) is 0 Å². The molecule has 1 aliphatic carbocycles. The van der Waals surface area contributed by atoms with Crippen LogP contribution in [0.15, 0.2) is 46.0 Å². The molecule has 0 atom stereocenters. The molecule has 2 heterocycles. The smallest absolute Gasteiger partial charge is 0.250 e. The van der Waals surface area contributed by atoms with Crippen molar-refractivity contribution in [2.75, 3.05) is 36.8 Å². The largest absolute Gasteiger partial charge is 0.368 e. The van der Waals surface area contributed by atoms with Gasteiger partial charge in [-0.15, -0.1) is 11.3 Å². The van der Waals surface area contributed by atoms with Gasteiger partial charge in [0.2, 0.25) is 16.0 Å². The third-order valence-corrected chi connectivity index (χ3v) is 8.70. The molecule has 10 heteroatoms. The van der Waals surface area contributed by atoms with E-state index in [0.29, 0.717) is 41.6 Å². The van der Waals surface area contributed by atoms with Crippen LogP contribution in [0.2, 0.25) is 0 Å².